The Bertz CT molecular complexity index is 193. The Labute approximate surface area is 81.6 Å². The maximum Gasteiger partial charge on any atom is 0.233 e. The first-order valence-electron chi connectivity index (χ1n) is 4.76. The fraction of sp³-hybridized carbons (Fsp3) is 0.818. The minimum Gasteiger partial charge on any atom is -0.313 e. The van der Waals surface area contributed by atoms with Gasteiger partial charge in [0.15, 0.2) is 0 Å². The highest BCUT2D eigenvalue weighted by Crippen LogP contribution is 2.19. The van der Waals surface area contributed by atoms with E-state index in [0.29, 0.717) is 11.8 Å². The lowest BCUT2D eigenvalue weighted by Gasteiger charge is -2.12. The van der Waals surface area contributed by atoms with Crippen LogP contribution in [0.25, 0.3) is 9.69 Å². The van der Waals surface area contributed by atoms with Crippen molar-refractivity contribution in [3.8, 4) is 0 Å². The van der Waals surface area contributed by atoms with E-state index < -0.39 is 0 Å². The summed E-state index contributed by atoms with van der Waals surface area (Å²) in [6, 6.07) is 0.0306. The summed E-state index contributed by atoms with van der Waals surface area (Å²) in [7, 11) is 0. The first-order chi connectivity index (χ1) is 6.02. The molecule has 0 aromatic heterocycles. The largest absolute Gasteiger partial charge is 0.313 e. The van der Waals surface area contributed by atoms with Crippen molar-refractivity contribution in [2.24, 2.45) is 11.8 Å². The monoisotopic (exact) mass is 178 g/mol. The van der Waals surface area contributed by atoms with E-state index in [1.165, 1.54) is 0 Å². The van der Waals surface area contributed by atoms with Crippen molar-refractivity contribution in [3.05, 3.63) is 22.8 Å². The highest BCUT2D eigenvalue weighted by molar-refractivity contribution is 4.92. The SMILES string of the molecule is [C-]#[N+]C(CC([N+]#[C-])C(C)C)C(C)C. The molecule has 2 atom stereocenters. The van der Waals surface area contributed by atoms with Crippen molar-refractivity contribution < 1.29 is 0 Å². The van der Waals surface area contributed by atoms with Gasteiger partial charge in [-0.25, -0.2) is 13.1 Å². The fourth-order valence-electron chi connectivity index (χ4n) is 1.20. The Kier molecular flexibility index (Phi) is 5.16. The van der Waals surface area contributed by atoms with E-state index in [1.54, 1.807) is 0 Å². The van der Waals surface area contributed by atoms with Crippen molar-refractivity contribution in [2.45, 2.75) is 46.2 Å². The first kappa shape index (κ1) is 12.0. The van der Waals surface area contributed by atoms with Gasteiger partial charge in [0.25, 0.3) is 0 Å². The van der Waals surface area contributed by atoms with Crippen LogP contribution in [-0.4, -0.2) is 12.1 Å². The molecule has 2 heteroatoms. The third-order valence-corrected chi connectivity index (χ3v) is 2.35. The third-order valence-electron chi connectivity index (χ3n) is 2.35. The number of rotatable bonds is 4. The number of nitrogens with zero attached hydrogens (tertiary/aromatic N) is 2. The van der Waals surface area contributed by atoms with Gasteiger partial charge in [0.05, 0.1) is 6.42 Å². The van der Waals surface area contributed by atoms with Gasteiger partial charge in [-0.2, -0.15) is 0 Å². The predicted octanol–water partition coefficient (Wildman–Crippen LogP) is 3.26. The van der Waals surface area contributed by atoms with Crippen molar-refractivity contribution in [3.63, 3.8) is 0 Å². The molecule has 0 saturated carbocycles. The van der Waals surface area contributed by atoms with E-state index in [2.05, 4.69) is 9.69 Å². The standard InChI is InChI=1S/C11H18N2/c1-8(2)10(12-5)7-11(13-6)9(3)4/h8-11H,7H2,1-4H3. The average molecular weight is 178 g/mol. The molecule has 0 aliphatic carbocycles. The second kappa shape index (κ2) is 5.60. The molecule has 0 aliphatic heterocycles. The molecule has 0 fully saturated rings. The molecule has 0 rings (SSSR count). The van der Waals surface area contributed by atoms with Crippen LogP contribution in [0, 0.1) is 25.0 Å². The summed E-state index contributed by atoms with van der Waals surface area (Å²) in [6.07, 6.45) is 0.725. The van der Waals surface area contributed by atoms with Crippen LogP contribution in [0.2, 0.25) is 0 Å². The maximum absolute atomic E-state index is 7.02. The van der Waals surface area contributed by atoms with Crippen LogP contribution in [0.15, 0.2) is 0 Å². The van der Waals surface area contributed by atoms with Gasteiger partial charge >= 0.3 is 0 Å². The lowest BCUT2D eigenvalue weighted by molar-refractivity contribution is 0.437. The third kappa shape index (κ3) is 3.95. The van der Waals surface area contributed by atoms with Crippen LogP contribution in [-0.2, 0) is 0 Å². The topological polar surface area (TPSA) is 8.72 Å². The highest BCUT2D eigenvalue weighted by Gasteiger charge is 2.28. The van der Waals surface area contributed by atoms with E-state index in [9.17, 15) is 0 Å². The molecule has 0 spiro atoms. The Hall–Kier alpha value is -1.02. The normalized spacial score (nSPS) is 15.1. The molecule has 0 N–H and O–H groups in total. The quantitative estimate of drug-likeness (QED) is 0.584. The summed E-state index contributed by atoms with van der Waals surface area (Å²) in [5.41, 5.74) is 0. The molecular formula is C11H18N2. The van der Waals surface area contributed by atoms with Crippen molar-refractivity contribution in [1.82, 2.24) is 0 Å². The summed E-state index contributed by atoms with van der Waals surface area (Å²) >= 11 is 0. The predicted molar refractivity (Wildman–Crippen MR) is 55.1 cm³/mol. The number of hydrogen-bond donors (Lipinski definition) is 0. The molecule has 2 unspecified atom stereocenters. The van der Waals surface area contributed by atoms with Crippen LogP contribution >= 0.6 is 0 Å². The zero-order chi connectivity index (χ0) is 10.4. The van der Waals surface area contributed by atoms with Crippen LogP contribution in [0.5, 0.6) is 0 Å². The van der Waals surface area contributed by atoms with Crippen LogP contribution < -0.4 is 0 Å². The van der Waals surface area contributed by atoms with E-state index in [4.69, 9.17) is 13.1 Å². The molecule has 0 amide bonds. The zero-order valence-corrected chi connectivity index (χ0v) is 8.91. The lowest BCUT2D eigenvalue weighted by Crippen LogP contribution is -2.21. The van der Waals surface area contributed by atoms with Crippen molar-refractivity contribution in [1.29, 1.82) is 0 Å². The van der Waals surface area contributed by atoms with E-state index in [-0.39, 0.29) is 12.1 Å². The molecule has 0 aliphatic rings. The second-order valence-electron chi connectivity index (χ2n) is 4.12. The van der Waals surface area contributed by atoms with Gasteiger partial charge in [0.1, 0.15) is 0 Å². The Morgan fingerprint density at radius 2 is 1.15 bits per heavy atom. The van der Waals surface area contributed by atoms with Crippen LogP contribution in [0.1, 0.15) is 34.1 Å². The van der Waals surface area contributed by atoms with Gasteiger partial charge < -0.3 is 9.69 Å². The highest BCUT2D eigenvalue weighted by atomic mass is 14.8. The molecule has 13 heavy (non-hydrogen) atoms. The minimum atomic E-state index is 0.0153. The van der Waals surface area contributed by atoms with Crippen LogP contribution in [0.4, 0.5) is 0 Å². The fourth-order valence-corrected chi connectivity index (χ4v) is 1.20. The van der Waals surface area contributed by atoms with Crippen LogP contribution in [0.3, 0.4) is 0 Å². The summed E-state index contributed by atoms with van der Waals surface area (Å²) < 4.78 is 0. The zero-order valence-electron chi connectivity index (χ0n) is 8.91. The summed E-state index contributed by atoms with van der Waals surface area (Å²) in [4.78, 5) is 7.13. The average Bonchev–Trinajstić information content (AvgIpc) is 2.05. The number of hydrogen-bond acceptors (Lipinski definition) is 0. The molecule has 0 aromatic carbocycles. The Morgan fingerprint density at radius 1 is 0.846 bits per heavy atom. The summed E-state index contributed by atoms with van der Waals surface area (Å²) in [5.74, 6) is 0.723. The van der Waals surface area contributed by atoms with Gasteiger partial charge in [0, 0.05) is 11.8 Å². The van der Waals surface area contributed by atoms with Gasteiger partial charge in [-0.05, 0) is 0 Å². The molecule has 0 bridgehead atoms. The molecule has 0 heterocycles. The lowest BCUT2D eigenvalue weighted by atomic mass is 9.92. The van der Waals surface area contributed by atoms with E-state index >= 15 is 0 Å². The Balaban J connectivity index is 4.24. The maximum atomic E-state index is 7.02. The van der Waals surface area contributed by atoms with Gasteiger partial charge in [-0.15, -0.1) is 0 Å². The first-order valence-corrected chi connectivity index (χ1v) is 4.76. The Morgan fingerprint density at radius 3 is 1.31 bits per heavy atom. The molecule has 0 aromatic rings. The van der Waals surface area contributed by atoms with E-state index in [1.807, 2.05) is 27.7 Å². The van der Waals surface area contributed by atoms with E-state index in [0.717, 1.165) is 6.42 Å². The van der Waals surface area contributed by atoms with Crippen molar-refractivity contribution >= 4 is 0 Å². The molecule has 0 radical (unpaired) electrons. The molecular weight excluding hydrogens is 160 g/mol. The summed E-state index contributed by atoms with van der Waals surface area (Å²) in [5, 5.41) is 0. The van der Waals surface area contributed by atoms with Gasteiger partial charge in [-0.1, -0.05) is 27.7 Å². The smallest absolute Gasteiger partial charge is 0.233 e. The van der Waals surface area contributed by atoms with Gasteiger partial charge in [-0.3, -0.25) is 0 Å². The van der Waals surface area contributed by atoms with Crippen molar-refractivity contribution in [2.75, 3.05) is 0 Å². The second-order valence-corrected chi connectivity index (χ2v) is 4.12. The molecule has 72 valence electrons. The molecule has 2 nitrogen and oxygen atoms in total. The minimum absolute atomic E-state index is 0.0153. The van der Waals surface area contributed by atoms with Gasteiger partial charge in [0.2, 0.25) is 12.1 Å². The molecule has 0 saturated heterocycles. The summed E-state index contributed by atoms with van der Waals surface area (Å²) in [6.45, 7) is 22.2.